The lowest BCUT2D eigenvalue weighted by atomic mass is 10.0. The monoisotopic (exact) mass is 608 g/mol. The molecule has 0 unspecified atom stereocenters. The number of hydrogen-bond donors (Lipinski definition) is 0. The van der Waals surface area contributed by atoms with Crippen LogP contribution in [0.15, 0.2) is 70.3 Å². The fourth-order valence-corrected chi connectivity index (χ4v) is 6.10. The van der Waals surface area contributed by atoms with E-state index in [0.717, 1.165) is 95.1 Å². The van der Waals surface area contributed by atoms with Gasteiger partial charge in [-0.2, -0.15) is 0 Å². The Labute approximate surface area is 227 Å². The second-order valence-corrected chi connectivity index (χ2v) is 11.0. The Kier molecular flexibility index (Phi) is 7.92. The highest BCUT2D eigenvalue weighted by molar-refractivity contribution is 9.09. The summed E-state index contributed by atoms with van der Waals surface area (Å²) in [5, 5.41) is 4.82. The fourth-order valence-electron chi connectivity index (χ4n) is 5.30. The molecule has 0 bridgehead atoms. The molecule has 0 radical (unpaired) electrons. The van der Waals surface area contributed by atoms with E-state index in [1.807, 2.05) is 60.7 Å². The summed E-state index contributed by atoms with van der Waals surface area (Å²) >= 11 is 7.05. The minimum absolute atomic E-state index is 0.0330. The Hall–Kier alpha value is -2.44. The lowest BCUT2D eigenvalue weighted by molar-refractivity contribution is 0.628. The van der Waals surface area contributed by atoms with E-state index in [2.05, 4.69) is 41.0 Å². The van der Waals surface area contributed by atoms with Gasteiger partial charge in [-0.3, -0.25) is 9.59 Å². The lowest BCUT2D eigenvalue weighted by Crippen LogP contribution is -2.16. The fraction of sp³-hybridized carbons (Fsp3) is 0.333. The summed E-state index contributed by atoms with van der Waals surface area (Å²) in [4.78, 5) is 27.4. The SMILES string of the molecule is O=c1c2ccccc2n(CCCCCBr)c2cc3c(=O)c4ccccc4n(CCCCCBr)c3cc12. The number of aromatic nitrogens is 2. The highest BCUT2D eigenvalue weighted by Crippen LogP contribution is 2.27. The summed E-state index contributed by atoms with van der Waals surface area (Å²) in [6.45, 7) is 1.62. The number of benzene rings is 3. The zero-order valence-corrected chi connectivity index (χ0v) is 23.5. The van der Waals surface area contributed by atoms with Gasteiger partial charge in [-0.05, 0) is 62.1 Å². The third-order valence-electron chi connectivity index (χ3n) is 7.09. The number of halogens is 2. The number of para-hydroxylation sites is 2. The lowest BCUT2D eigenvalue weighted by Gasteiger charge is -2.19. The van der Waals surface area contributed by atoms with E-state index in [4.69, 9.17) is 0 Å². The van der Waals surface area contributed by atoms with E-state index in [1.54, 1.807) is 0 Å². The van der Waals surface area contributed by atoms with Gasteiger partial charge in [0.15, 0.2) is 10.9 Å². The van der Waals surface area contributed by atoms with Crippen LogP contribution >= 0.6 is 31.9 Å². The molecule has 6 heteroatoms. The zero-order valence-electron chi connectivity index (χ0n) is 20.3. The average Bonchev–Trinajstić information content (AvgIpc) is 2.91. The molecular weight excluding hydrogens is 580 g/mol. The van der Waals surface area contributed by atoms with Crippen LogP contribution in [0.4, 0.5) is 0 Å². The van der Waals surface area contributed by atoms with Gasteiger partial charge in [0.05, 0.1) is 22.1 Å². The minimum atomic E-state index is 0.0330. The molecule has 186 valence electrons. The summed E-state index contributed by atoms with van der Waals surface area (Å²) in [6, 6.07) is 19.7. The summed E-state index contributed by atoms with van der Waals surface area (Å²) in [6.07, 6.45) is 6.47. The van der Waals surface area contributed by atoms with Gasteiger partial charge in [0.2, 0.25) is 0 Å². The summed E-state index contributed by atoms with van der Waals surface area (Å²) in [7, 11) is 0. The molecule has 4 nitrogen and oxygen atoms in total. The number of nitrogens with zero attached hydrogens (tertiary/aromatic N) is 2. The maximum absolute atomic E-state index is 13.7. The first-order valence-corrected chi connectivity index (χ1v) is 15.0. The molecule has 0 saturated heterocycles. The standard InChI is InChI=1S/C30H30Br2N2O2/c31-15-7-1-9-17-33-25-13-5-3-11-21(25)29(35)23-20-28-24(19-27(23)33)30(36)22-12-4-6-14-26(22)34(28)18-10-2-8-16-32/h3-6,11-14,19-20H,1-2,7-10,15-18H2. The number of unbranched alkanes of at least 4 members (excludes halogenated alkanes) is 4. The van der Waals surface area contributed by atoms with E-state index < -0.39 is 0 Å². The first-order chi connectivity index (χ1) is 17.7. The summed E-state index contributed by atoms with van der Waals surface area (Å²) in [5.74, 6) is 0. The summed E-state index contributed by atoms with van der Waals surface area (Å²) < 4.78 is 4.49. The van der Waals surface area contributed by atoms with Crippen LogP contribution in [0.5, 0.6) is 0 Å². The number of alkyl halides is 2. The highest BCUT2D eigenvalue weighted by Gasteiger charge is 2.16. The molecule has 0 amide bonds. The molecule has 0 fully saturated rings. The van der Waals surface area contributed by atoms with Crippen LogP contribution in [-0.4, -0.2) is 19.8 Å². The molecule has 0 N–H and O–H groups in total. The molecule has 2 heterocycles. The molecule has 3 aromatic carbocycles. The Morgan fingerprint density at radius 1 is 0.500 bits per heavy atom. The predicted molar refractivity (Wildman–Crippen MR) is 160 cm³/mol. The van der Waals surface area contributed by atoms with Crippen molar-refractivity contribution in [1.29, 1.82) is 0 Å². The Bertz CT molecular complexity index is 1540. The first-order valence-electron chi connectivity index (χ1n) is 12.8. The number of hydrogen-bond acceptors (Lipinski definition) is 2. The molecule has 5 rings (SSSR count). The van der Waals surface area contributed by atoms with Crippen molar-refractivity contribution in [2.75, 3.05) is 10.7 Å². The van der Waals surface area contributed by atoms with Crippen molar-refractivity contribution >= 4 is 75.5 Å². The van der Waals surface area contributed by atoms with Gasteiger partial charge >= 0.3 is 0 Å². The molecule has 5 aromatic rings. The Morgan fingerprint density at radius 3 is 1.33 bits per heavy atom. The van der Waals surface area contributed by atoms with Gasteiger partial charge in [0.25, 0.3) is 0 Å². The van der Waals surface area contributed by atoms with Crippen molar-refractivity contribution in [2.24, 2.45) is 0 Å². The first kappa shape index (κ1) is 25.2. The van der Waals surface area contributed by atoms with Crippen LogP contribution < -0.4 is 10.9 Å². The minimum Gasteiger partial charge on any atom is -0.340 e. The average molecular weight is 610 g/mol. The topological polar surface area (TPSA) is 44.0 Å². The molecule has 0 aliphatic rings. The van der Waals surface area contributed by atoms with E-state index in [-0.39, 0.29) is 10.9 Å². The second kappa shape index (κ2) is 11.3. The van der Waals surface area contributed by atoms with Gasteiger partial charge in [0, 0.05) is 45.3 Å². The number of fused-ring (bicyclic) bond motifs is 4. The van der Waals surface area contributed by atoms with Gasteiger partial charge in [-0.25, -0.2) is 0 Å². The van der Waals surface area contributed by atoms with Crippen LogP contribution in [0.1, 0.15) is 38.5 Å². The quantitative estimate of drug-likeness (QED) is 0.0923. The van der Waals surface area contributed by atoms with E-state index >= 15 is 0 Å². The van der Waals surface area contributed by atoms with Crippen molar-refractivity contribution in [2.45, 2.75) is 51.6 Å². The third kappa shape index (κ3) is 4.66. The molecule has 0 saturated carbocycles. The molecule has 0 atom stereocenters. The largest absolute Gasteiger partial charge is 0.340 e. The van der Waals surface area contributed by atoms with Crippen molar-refractivity contribution in [1.82, 2.24) is 9.13 Å². The molecular formula is C30H30Br2N2O2. The number of pyridine rings is 2. The molecule has 0 spiro atoms. The zero-order chi connectivity index (χ0) is 25.1. The van der Waals surface area contributed by atoms with Crippen molar-refractivity contribution in [3.63, 3.8) is 0 Å². The Balaban J connectivity index is 1.82. The number of rotatable bonds is 10. The third-order valence-corrected chi connectivity index (χ3v) is 8.22. The second-order valence-electron chi connectivity index (χ2n) is 9.38. The predicted octanol–water partition coefficient (Wildman–Crippen LogP) is 7.75. The molecule has 36 heavy (non-hydrogen) atoms. The number of aryl methyl sites for hydroxylation is 2. The van der Waals surface area contributed by atoms with Crippen molar-refractivity contribution in [3.8, 4) is 0 Å². The van der Waals surface area contributed by atoms with Gasteiger partial charge in [-0.15, -0.1) is 0 Å². The molecule has 0 aliphatic heterocycles. The summed E-state index contributed by atoms with van der Waals surface area (Å²) in [5.41, 5.74) is 3.64. The molecule has 2 aromatic heterocycles. The van der Waals surface area contributed by atoms with Gasteiger partial charge in [-0.1, -0.05) is 69.0 Å². The van der Waals surface area contributed by atoms with Gasteiger partial charge in [0.1, 0.15) is 0 Å². The maximum Gasteiger partial charge on any atom is 0.197 e. The maximum atomic E-state index is 13.7. The highest BCUT2D eigenvalue weighted by atomic mass is 79.9. The van der Waals surface area contributed by atoms with Crippen molar-refractivity contribution < 1.29 is 0 Å². The van der Waals surface area contributed by atoms with Crippen LogP contribution in [0.3, 0.4) is 0 Å². The normalized spacial score (nSPS) is 11.8. The van der Waals surface area contributed by atoms with E-state index in [0.29, 0.717) is 10.8 Å². The molecule has 0 aliphatic carbocycles. The van der Waals surface area contributed by atoms with Crippen LogP contribution in [-0.2, 0) is 13.1 Å². The van der Waals surface area contributed by atoms with E-state index in [9.17, 15) is 9.59 Å². The van der Waals surface area contributed by atoms with Gasteiger partial charge < -0.3 is 9.13 Å². The van der Waals surface area contributed by atoms with Crippen LogP contribution in [0.25, 0.3) is 43.6 Å². The van der Waals surface area contributed by atoms with E-state index in [1.165, 1.54) is 0 Å². The van der Waals surface area contributed by atoms with Crippen LogP contribution in [0, 0.1) is 0 Å². The van der Waals surface area contributed by atoms with Crippen molar-refractivity contribution in [3.05, 3.63) is 81.1 Å². The Morgan fingerprint density at radius 2 is 0.917 bits per heavy atom. The van der Waals surface area contributed by atoms with Crippen LogP contribution in [0.2, 0.25) is 0 Å². The smallest absolute Gasteiger partial charge is 0.197 e.